The number of ether oxygens (including phenoxy) is 1. The van der Waals surface area contributed by atoms with Gasteiger partial charge in [-0.1, -0.05) is 54.9 Å². The number of aryl methyl sites for hydroxylation is 1. The minimum Gasteiger partial charge on any atom is -0.472 e. The van der Waals surface area contributed by atoms with E-state index in [0.717, 1.165) is 74.2 Å². The number of nitrogens with zero attached hydrogens (tertiary/aromatic N) is 5. The first kappa shape index (κ1) is 26.4. The predicted octanol–water partition coefficient (Wildman–Crippen LogP) is 8.83. The van der Waals surface area contributed by atoms with Crippen molar-refractivity contribution in [2.45, 2.75) is 38.2 Å². The van der Waals surface area contributed by atoms with Gasteiger partial charge in [0.05, 0.1) is 40.1 Å². The fraction of sp³-hybridized carbons (Fsp3) is 0.188. The largest absolute Gasteiger partial charge is 0.472 e. The van der Waals surface area contributed by atoms with Crippen LogP contribution in [-0.2, 0) is 18.4 Å². The Balaban J connectivity index is 1.41. The van der Waals surface area contributed by atoms with Crippen molar-refractivity contribution in [3.8, 4) is 28.3 Å². The van der Waals surface area contributed by atoms with Gasteiger partial charge in [0.25, 0.3) is 0 Å². The second kappa shape index (κ2) is 9.93. The molecule has 3 aromatic carbocycles. The molecule has 3 heterocycles. The van der Waals surface area contributed by atoms with Crippen LogP contribution in [0.1, 0.15) is 42.4 Å². The maximum absolute atomic E-state index is 15.0. The summed E-state index contributed by atoms with van der Waals surface area (Å²) < 4.78 is 23.4. The van der Waals surface area contributed by atoms with Crippen molar-refractivity contribution in [2.75, 3.05) is 0 Å². The second-order valence-electron chi connectivity index (χ2n) is 10.7. The van der Waals surface area contributed by atoms with Crippen LogP contribution >= 0.6 is 40.0 Å². The number of pyridine rings is 1. The highest BCUT2D eigenvalue weighted by Gasteiger charge is 2.57. The van der Waals surface area contributed by atoms with Gasteiger partial charge in [-0.3, -0.25) is 4.98 Å². The average molecular weight is 706 g/mol. The molecule has 3 aromatic heterocycles. The Morgan fingerprint density at radius 2 is 1.93 bits per heavy atom. The number of aromatic nitrogens is 5. The molecule has 0 aliphatic heterocycles. The molecule has 1 spiro atoms. The molecule has 8 rings (SSSR count). The molecule has 6 aromatic rings. The SMILES string of the molecule is CCc1nc(OCc2ccccc2)c2c(n1)C1(CC1)c1c-2ccnc1-c1c2cnn(PI)c2cc2ccc(F)c(Cl)c12. The molecule has 0 N–H and O–H groups in total. The van der Waals surface area contributed by atoms with Crippen LogP contribution in [0.25, 0.3) is 44.1 Å². The molecule has 2 aliphatic carbocycles. The third kappa shape index (κ3) is 3.84. The smallest absolute Gasteiger partial charge is 0.225 e. The van der Waals surface area contributed by atoms with Gasteiger partial charge in [0.1, 0.15) is 18.2 Å². The fourth-order valence-corrected chi connectivity index (χ4v) is 8.16. The fourth-order valence-electron chi connectivity index (χ4n) is 6.36. The first-order chi connectivity index (χ1) is 20.5. The molecule has 0 amide bonds. The standard InChI is InChI=1S/C32H23ClFIN5OP/c1-2-23-38-30-26(31(39-23)41-16-17-6-4-3-5-7-17)19-10-13-36-29(27(19)32(30)11-12-32)25-20-15-37-40(42-35)22(20)14-18-8-9-21(34)28(33)24(18)25/h3-10,13-15,42H,2,11-12,16H2,1H3. The molecule has 0 saturated heterocycles. The summed E-state index contributed by atoms with van der Waals surface area (Å²) in [7, 11) is 0. The van der Waals surface area contributed by atoms with Crippen LogP contribution in [0.3, 0.4) is 0 Å². The zero-order chi connectivity index (χ0) is 28.6. The van der Waals surface area contributed by atoms with Crippen LogP contribution in [-0.4, -0.2) is 24.5 Å². The van der Waals surface area contributed by atoms with E-state index in [0.29, 0.717) is 30.7 Å². The molecule has 1 saturated carbocycles. The Bertz CT molecular complexity index is 2060. The molecule has 0 bridgehead atoms. The summed E-state index contributed by atoms with van der Waals surface area (Å²) in [6.07, 6.45) is 6.65. The molecule has 1 atom stereocenters. The lowest BCUT2D eigenvalue weighted by Crippen LogP contribution is -2.11. The Morgan fingerprint density at radius 3 is 2.69 bits per heavy atom. The van der Waals surface area contributed by atoms with Crippen molar-refractivity contribution in [3.05, 3.63) is 100 Å². The zero-order valence-corrected chi connectivity index (χ0v) is 26.4. The number of benzene rings is 3. The first-order valence-electron chi connectivity index (χ1n) is 13.8. The highest BCUT2D eigenvalue weighted by molar-refractivity contribution is 14.2. The lowest BCUT2D eigenvalue weighted by atomic mass is 9.88. The Hall–Kier alpha value is -3.20. The van der Waals surface area contributed by atoms with Gasteiger partial charge in [0.15, 0.2) is 0 Å². The van der Waals surface area contributed by atoms with E-state index in [-0.39, 0.29) is 10.4 Å². The van der Waals surface area contributed by atoms with Gasteiger partial charge in [-0.2, -0.15) is 10.1 Å². The summed E-state index contributed by atoms with van der Waals surface area (Å²) in [5.41, 5.74) is 7.35. The van der Waals surface area contributed by atoms with Crippen LogP contribution in [0, 0.1) is 5.82 Å². The maximum atomic E-state index is 15.0. The summed E-state index contributed by atoms with van der Waals surface area (Å²) in [5.74, 6) is 0.890. The van der Waals surface area contributed by atoms with Crippen LogP contribution in [0.15, 0.2) is 67.0 Å². The summed E-state index contributed by atoms with van der Waals surface area (Å²) in [6.45, 7) is 2.47. The molecule has 1 unspecified atom stereocenters. The van der Waals surface area contributed by atoms with E-state index in [2.05, 4.69) is 34.1 Å². The van der Waals surface area contributed by atoms with Crippen molar-refractivity contribution in [2.24, 2.45) is 0 Å². The zero-order valence-electron chi connectivity index (χ0n) is 22.5. The van der Waals surface area contributed by atoms with Gasteiger partial charge >= 0.3 is 0 Å². The minimum atomic E-state index is -0.458. The maximum Gasteiger partial charge on any atom is 0.225 e. The molecule has 6 nitrogen and oxygen atoms in total. The number of hydrogen-bond donors (Lipinski definition) is 0. The van der Waals surface area contributed by atoms with Crippen molar-refractivity contribution in [1.29, 1.82) is 0 Å². The van der Waals surface area contributed by atoms with E-state index >= 15 is 4.39 Å². The number of fused-ring (bicyclic) bond motifs is 7. The monoisotopic (exact) mass is 705 g/mol. The number of halogens is 3. The topological polar surface area (TPSA) is 65.7 Å². The average Bonchev–Trinajstić information content (AvgIpc) is 3.64. The second-order valence-corrected chi connectivity index (χ2v) is 13.2. The van der Waals surface area contributed by atoms with Gasteiger partial charge in [-0.15, -0.1) is 0 Å². The molecular formula is C32H23ClFIN5OP. The lowest BCUT2D eigenvalue weighted by molar-refractivity contribution is 0.293. The van der Waals surface area contributed by atoms with E-state index in [1.165, 1.54) is 6.07 Å². The molecule has 42 heavy (non-hydrogen) atoms. The van der Waals surface area contributed by atoms with E-state index in [1.807, 2.05) is 59.3 Å². The third-order valence-corrected chi connectivity index (χ3v) is 10.7. The van der Waals surface area contributed by atoms with Gasteiger partial charge in [0.2, 0.25) is 5.88 Å². The van der Waals surface area contributed by atoms with Crippen molar-refractivity contribution in [3.63, 3.8) is 0 Å². The Kier molecular flexibility index (Phi) is 6.25. The van der Waals surface area contributed by atoms with Crippen LogP contribution in [0.4, 0.5) is 4.39 Å². The molecule has 1 fully saturated rings. The van der Waals surface area contributed by atoms with Crippen molar-refractivity contribution in [1.82, 2.24) is 24.5 Å². The Labute approximate surface area is 261 Å². The minimum absolute atomic E-state index is 0.0915. The van der Waals surface area contributed by atoms with E-state index in [1.54, 1.807) is 6.07 Å². The highest BCUT2D eigenvalue weighted by Crippen LogP contribution is 2.65. The van der Waals surface area contributed by atoms with Crippen LogP contribution in [0.2, 0.25) is 5.02 Å². The molecule has 10 heteroatoms. The quantitative estimate of drug-likeness (QED) is 0.128. The summed E-state index contributed by atoms with van der Waals surface area (Å²) in [6, 6.07) is 17.4. The molecule has 208 valence electrons. The summed E-state index contributed by atoms with van der Waals surface area (Å²) >= 11 is 9.07. The predicted molar refractivity (Wildman–Crippen MR) is 174 cm³/mol. The van der Waals surface area contributed by atoms with Crippen LogP contribution in [0.5, 0.6) is 5.88 Å². The van der Waals surface area contributed by atoms with Crippen LogP contribution < -0.4 is 4.74 Å². The van der Waals surface area contributed by atoms with Gasteiger partial charge in [-0.05, 0) is 75.2 Å². The van der Waals surface area contributed by atoms with Gasteiger partial charge < -0.3 is 4.74 Å². The van der Waals surface area contributed by atoms with E-state index in [4.69, 9.17) is 31.3 Å². The summed E-state index contributed by atoms with van der Waals surface area (Å²) in [4.78, 5) is 15.0. The highest BCUT2D eigenvalue weighted by atomic mass is 127. The van der Waals surface area contributed by atoms with Crippen molar-refractivity contribution >= 4 is 61.7 Å². The number of hydrogen-bond acceptors (Lipinski definition) is 5. The lowest BCUT2D eigenvalue weighted by Gasteiger charge is -2.17. The molecule has 2 aliphatic rings. The third-order valence-electron chi connectivity index (χ3n) is 8.42. The van der Waals surface area contributed by atoms with Crippen molar-refractivity contribution < 1.29 is 9.13 Å². The van der Waals surface area contributed by atoms with Gasteiger partial charge in [0, 0.05) is 34.4 Å². The number of rotatable bonds is 6. The normalized spacial score (nSPS) is 14.8. The first-order valence-corrected chi connectivity index (χ1v) is 18.2. The molecular weight excluding hydrogens is 683 g/mol. The molecule has 0 radical (unpaired) electrons. The van der Waals surface area contributed by atoms with Gasteiger partial charge in [-0.25, -0.2) is 13.8 Å². The van der Waals surface area contributed by atoms with E-state index < -0.39 is 5.82 Å². The summed E-state index contributed by atoms with van der Waals surface area (Å²) in [5, 5.41) is 7.15. The Morgan fingerprint density at radius 1 is 1.10 bits per heavy atom. The van der Waals surface area contributed by atoms with E-state index in [9.17, 15) is 0 Å².